The number of aromatic hydroxyl groups is 2. The predicted molar refractivity (Wildman–Crippen MR) is 102 cm³/mol. The van der Waals surface area contributed by atoms with E-state index in [1.165, 1.54) is 30.9 Å². The topological polar surface area (TPSA) is 92.8 Å². The normalized spacial score (nSPS) is 16.1. The first-order valence-corrected chi connectivity index (χ1v) is 8.88. The number of allylic oxidation sites excluding steroid dienone is 3. The summed E-state index contributed by atoms with van der Waals surface area (Å²) >= 11 is 0. The number of hydrogen-bond donors (Lipinski definition) is 2. The number of nitrogens with zero attached hydrogens (tertiary/aromatic N) is 1. The monoisotopic (exact) mass is 363 g/mol. The van der Waals surface area contributed by atoms with E-state index >= 15 is 0 Å². The molecule has 0 fully saturated rings. The zero-order valence-corrected chi connectivity index (χ0v) is 15.6. The van der Waals surface area contributed by atoms with Gasteiger partial charge in [-0.3, -0.25) is 0 Å². The first-order valence-electron chi connectivity index (χ1n) is 8.88. The highest BCUT2D eigenvalue weighted by atomic mass is 16.9. The van der Waals surface area contributed by atoms with Crippen molar-refractivity contribution in [3.05, 3.63) is 57.7 Å². The molecule has 1 unspecified atom stereocenters. The molecule has 0 saturated carbocycles. The standard InChI is InChI=1S/C10H13NO5.C10H16/c12-9-5-8(6-10(13)7-9)3-1-2-4-16-11(14)15;1-8(2)10-6-4-9(3)5-7-10/h5-7,12-13H,1-4H2;4,10H,1,5-7H2,2-3H3. The van der Waals surface area contributed by atoms with Gasteiger partial charge in [0, 0.05) is 6.07 Å². The molecule has 0 saturated heterocycles. The Morgan fingerprint density at radius 1 is 1.31 bits per heavy atom. The van der Waals surface area contributed by atoms with Crippen molar-refractivity contribution < 1.29 is 20.1 Å². The van der Waals surface area contributed by atoms with Gasteiger partial charge in [0.1, 0.15) is 11.5 Å². The predicted octanol–water partition coefficient (Wildman–Crippen LogP) is 4.94. The maximum Gasteiger partial charge on any atom is 0.294 e. The second-order valence-corrected chi connectivity index (χ2v) is 6.74. The highest BCUT2D eigenvalue weighted by Crippen LogP contribution is 2.27. The van der Waals surface area contributed by atoms with Gasteiger partial charge in [-0.25, -0.2) is 0 Å². The Hall–Kier alpha value is -2.50. The summed E-state index contributed by atoms with van der Waals surface area (Å²) in [5.41, 5.74) is 3.69. The molecule has 0 aromatic heterocycles. The molecule has 0 heterocycles. The van der Waals surface area contributed by atoms with Crippen LogP contribution in [0.15, 0.2) is 42.0 Å². The molecule has 0 amide bonds. The van der Waals surface area contributed by atoms with Crippen LogP contribution in [-0.2, 0) is 11.3 Å². The molecule has 6 nitrogen and oxygen atoms in total. The van der Waals surface area contributed by atoms with Gasteiger partial charge in [0.2, 0.25) is 0 Å². The lowest BCUT2D eigenvalue weighted by atomic mass is 9.86. The lowest BCUT2D eigenvalue weighted by molar-refractivity contribution is -0.757. The molecule has 6 heteroatoms. The number of rotatable bonds is 7. The Balaban J connectivity index is 0.000000289. The Morgan fingerprint density at radius 2 is 1.96 bits per heavy atom. The molecule has 1 aliphatic rings. The van der Waals surface area contributed by atoms with Crippen molar-refractivity contribution in [3.63, 3.8) is 0 Å². The summed E-state index contributed by atoms with van der Waals surface area (Å²) < 4.78 is 0. The van der Waals surface area contributed by atoms with Crippen LogP contribution in [0.1, 0.15) is 51.5 Å². The Bertz CT molecular complexity index is 619. The Morgan fingerprint density at radius 3 is 2.46 bits per heavy atom. The van der Waals surface area contributed by atoms with E-state index in [0.29, 0.717) is 19.3 Å². The zero-order chi connectivity index (χ0) is 19.5. The van der Waals surface area contributed by atoms with Gasteiger partial charge in [0.25, 0.3) is 5.09 Å². The summed E-state index contributed by atoms with van der Waals surface area (Å²) in [4.78, 5) is 14.0. The molecular weight excluding hydrogens is 334 g/mol. The molecule has 1 aliphatic carbocycles. The van der Waals surface area contributed by atoms with E-state index in [1.807, 2.05) is 0 Å². The van der Waals surface area contributed by atoms with Crippen molar-refractivity contribution >= 4 is 0 Å². The highest BCUT2D eigenvalue weighted by molar-refractivity contribution is 5.36. The van der Waals surface area contributed by atoms with E-state index in [-0.39, 0.29) is 18.1 Å². The fourth-order valence-corrected chi connectivity index (χ4v) is 2.78. The van der Waals surface area contributed by atoms with Crippen LogP contribution in [-0.4, -0.2) is 21.9 Å². The van der Waals surface area contributed by atoms with Crippen LogP contribution in [0.25, 0.3) is 0 Å². The maximum absolute atomic E-state index is 9.84. The van der Waals surface area contributed by atoms with Crippen LogP contribution >= 0.6 is 0 Å². The molecule has 26 heavy (non-hydrogen) atoms. The summed E-state index contributed by atoms with van der Waals surface area (Å²) in [5.74, 6) is 0.789. The lowest BCUT2D eigenvalue weighted by Crippen LogP contribution is -2.04. The first-order chi connectivity index (χ1) is 12.3. The van der Waals surface area contributed by atoms with Gasteiger partial charge in [0.15, 0.2) is 0 Å². The SMILES string of the molecule is C=C(C)C1CC=C(C)CC1.O=[N+]([O-])OCCCCc1cc(O)cc(O)c1. The minimum Gasteiger partial charge on any atom is -0.508 e. The number of benzene rings is 1. The summed E-state index contributed by atoms with van der Waals surface area (Å²) in [6, 6.07) is 4.35. The Labute approximate surface area is 154 Å². The third-order valence-corrected chi connectivity index (χ3v) is 4.35. The van der Waals surface area contributed by atoms with E-state index in [2.05, 4.69) is 31.3 Å². The molecule has 1 aromatic rings. The fourth-order valence-electron chi connectivity index (χ4n) is 2.78. The van der Waals surface area contributed by atoms with Gasteiger partial charge < -0.3 is 15.1 Å². The molecule has 2 N–H and O–H groups in total. The van der Waals surface area contributed by atoms with E-state index < -0.39 is 5.09 Å². The molecule has 0 bridgehead atoms. The van der Waals surface area contributed by atoms with Crippen molar-refractivity contribution in [1.82, 2.24) is 0 Å². The number of hydrogen-bond acceptors (Lipinski definition) is 5. The van der Waals surface area contributed by atoms with E-state index in [0.717, 1.165) is 11.5 Å². The molecule has 0 aliphatic heterocycles. The van der Waals surface area contributed by atoms with Gasteiger partial charge in [-0.2, -0.15) is 0 Å². The van der Waals surface area contributed by atoms with Crippen molar-refractivity contribution in [3.8, 4) is 11.5 Å². The van der Waals surface area contributed by atoms with Crippen LogP contribution in [0, 0.1) is 16.0 Å². The summed E-state index contributed by atoms with van der Waals surface area (Å²) in [6.07, 6.45) is 8.04. The molecule has 2 rings (SSSR count). The van der Waals surface area contributed by atoms with Gasteiger partial charge in [-0.15, -0.1) is 10.1 Å². The molecular formula is C20H29NO5. The van der Waals surface area contributed by atoms with Crippen molar-refractivity contribution in [2.45, 2.75) is 52.4 Å². The summed E-state index contributed by atoms with van der Waals surface area (Å²) in [7, 11) is 0. The van der Waals surface area contributed by atoms with Gasteiger partial charge in [0.05, 0.1) is 6.61 Å². The highest BCUT2D eigenvalue weighted by Gasteiger charge is 2.11. The van der Waals surface area contributed by atoms with Gasteiger partial charge >= 0.3 is 0 Å². The summed E-state index contributed by atoms with van der Waals surface area (Å²) in [6.45, 7) is 8.40. The molecule has 0 spiro atoms. The van der Waals surface area contributed by atoms with Crippen LogP contribution < -0.4 is 0 Å². The largest absolute Gasteiger partial charge is 0.508 e. The second-order valence-electron chi connectivity index (χ2n) is 6.74. The van der Waals surface area contributed by atoms with Gasteiger partial charge in [-0.05, 0) is 76.0 Å². The minimum absolute atomic E-state index is 0.0107. The van der Waals surface area contributed by atoms with Crippen LogP contribution in [0.3, 0.4) is 0 Å². The third-order valence-electron chi connectivity index (χ3n) is 4.35. The maximum atomic E-state index is 9.84. The number of phenols is 2. The lowest BCUT2D eigenvalue weighted by Gasteiger charge is -2.19. The minimum atomic E-state index is -0.819. The van der Waals surface area contributed by atoms with Crippen molar-refractivity contribution in [2.24, 2.45) is 5.92 Å². The average molecular weight is 363 g/mol. The number of aryl methyl sites for hydroxylation is 1. The van der Waals surface area contributed by atoms with E-state index in [4.69, 9.17) is 0 Å². The molecule has 1 atom stereocenters. The second kappa shape index (κ2) is 11.2. The fraction of sp³-hybridized carbons (Fsp3) is 0.500. The van der Waals surface area contributed by atoms with Gasteiger partial charge in [-0.1, -0.05) is 23.8 Å². The third kappa shape index (κ3) is 9.11. The molecule has 0 radical (unpaired) electrons. The number of phenolic OH excluding ortho intramolecular Hbond substituents is 2. The van der Waals surface area contributed by atoms with Crippen LogP contribution in [0.2, 0.25) is 0 Å². The molecule has 144 valence electrons. The summed E-state index contributed by atoms with van der Waals surface area (Å²) in [5, 5.41) is 27.4. The zero-order valence-electron chi connectivity index (χ0n) is 15.6. The van der Waals surface area contributed by atoms with E-state index in [9.17, 15) is 20.3 Å². The van der Waals surface area contributed by atoms with Crippen LogP contribution in [0.4, 0.5) is 0 Å². The first kappa shape index (κ1) is 21.5. The van der Waals surface area contributed by atoms with E-state index in [1.54, 1.807) is 17.7 Å². The smallest absolute Gasteiger partial charge is 0.294 e. The van der Waals surface area contributed by atoms with Crippen molar-refractivity contribution in [2.75, 3.05) is 6.61 Å². The number of unbranched alkanes of at least 4 members (excludes halogenated alkanes) is 1. The Kier molecular flexibility index (Phi) is 9.26. The quantitative estimate of drug-likeness (QED) is 0.310. The average Bonchev–Trinajstić information content (AvgIpc) is 2.54. The van der Waals surface area contributed by atoms with Crippen molar-refractivity contribution in [1.29, 1.82) is 0 Å². The van der Waals surface area contributed by atoms with Crippen LogP contribution in [0.5, 0.6) is 11.5 Å². The molecule has 1 aromatic carbocycles.